The molecule has 3 rings (SSSR count). The summed E-state index contributed by atoms with van der Waals surface area (Å²) in [7, 11) is 0. The molecule has 7 nitrogen and oxygen atoms in total. The molecule has 20 heavy (non-hydrogen) atoms. The Morgan fingerprint density at radius 3 is 3.05 bits per heavy atom. The van der Waals surface area contributed by atoms with Crippen LogP contribution in [0.15, 0.2) is 11.6 Å². The molecule has 3 heterocycles. The Balaban J connectivity index is 2.09. The van der Waals surface area contributed by atoms with E-state index in [0.717, 1.165) is 10.7 Å². The summed E-state index contributed by atoms with van der Waals surface area (Å²) in [5.41, 5.74) is 6.64. The van der Waals surface area contributed by atoms with Gasteiger partial charge in [0.15, 0.2) is 10.8 Å². The molecule has 1 saturated heterocycles. The first-order valence-corrected chi connectivity index (χ1v) is 7.28. The number of nitrogens with one attached hydrogen (secondary N) is 1. The Bertz CT molecular complexity index is 676. The molecular formula is C12H15N5O2S. The van der Waals surface area contributed by atoms with E-state index in [4.69, 9.17) is 5.73 Å². The molecule has 0 spiro atoms. The molecule has 1 unspecified atom stereocenters. The number of thiazole rings is 1. The monoisotopic (exact) mass is 293 g/mol. The number of aromatic nitrogens is 2. The van der Waals surface area contributed by atoms with Gasteiger partial charge in [0.25, 0.3) is 0 Å². The van der Waals surface area contributed by atoms with Gasteiger partial charge in [0, 0.05) is 18.1 Å². The minimum Gasteiger partial charge on any atom is -0.334 e. The summed E-state index contributed by atoms with van der Waals surface area (Å²) in [5.74, 6) is 0.0523. The highest BCUT2D eigenvalue weighted by Gasteiger charge is 2.35. The summed E-state index contributed by atoms with van der Waals surface area (Å²) in [6.07, 6.45) is 2.50. The Morgan fingerprint density at radius 1 is 1.55 bits per heavy atom. The Kier molecular flexibility index (Phi) is 3.19. The number of nitrogens with two attached hydrogens (primary N) is 1. The van der Waals surface area contributed by atoms with Crippen molar-refractivity contribution in [2.75, 3.05) is 11.4 Å². The van der Waals surface area contributed by atoms with E-state index in [0.29, 0.717) is 18.8 Å². The predicted molar refractivity (Wildman–Crippen MR) is 75.5 cm³/mol. The van der Waals surface area contributed by atoms with Crippen LogP contribution in [0, 0.1) is 0 Å². The van der Waals surface area contributed by atoms with Crippen LogP contribution in [0.1, 0.15) is 19.0 Å². The van der Waals surface area contributed by atoms with Crippen molar-refractivity contribution in [3.8, 4) is 0 Å². The van der Waals surface area contributed by atoms with E-state index in [1.165, 1.54) is 11.3 Å². The topological polar surface area (TPSA) is 92.7 Å². The fraction of sp³-hybridized carbons (Fsp3) is 0.417. The average molecular weight is 293 g/mol. The molecule has 1 aliphatic heterocycles. The smallest absolute Gasteiger partial charge is 0.249 e. The van der Waals surface area contributed by atoms with Crippen molar-refractivity contribution < 1.29 is 9.59 Å². The Morgan fingerprint density at radius 2 is 2.35 bits per heavy atom. The molecule has 2 amide bonds. The quantitative estimate of drug-likeness (QED) is 0.783. The van der Waals surface area contributed by atoms with E-state index >= 15 is 0 Å². The van der Waals surface area contributed by atoms with Crippen molar-refractivity contribution in [2.24, 2.45) is 5.73 Å². The lowest BCUT2D eigenvalue weighted by molar-refractivity contribution is -0.132. The van der Waals surface area contributed by atoms with Crippen LogP contribution in [0.3, 0.4) is 0 Å². The van der Waals surface area contributed by atoms with Crippen LogP contribution in [-0.2, 0) is 16.1 Å². The summed E-state index contributed by atoms with van der Waals surface area (Å²) in [6, 6.07) is -0.386. The third-order valence-electron chi connectivity index (χ3n) is 3.45. The van der Waals surface area contributed by atoms with Crippen molar-refractivity contribution in [2.45, 2.75) is 25.9 Å². The van der Waals surface area contributed by atoms with Gasteiger partial charge in [-0.15, -0.1) is 11.3 Å². The summed E-state index contributed by atoms with van der Waals surface area (Å²) in [5, 5.41) is 4.29. The molecule has 0 radical (unpaired) electrons. The van der Waals surface area contributed by atoms with Crippen LogP contribution in [0.25, 0.3) is 4.96 Å². The first-order chi connectivity index (χ1) is 9.65. The number of rotatable bonds is 3. The van der Waals surface area contributed by atoms with Gasteiger partial charge in [-0.1, -0.05) is 6.92 Å². The number of amides is 2. The first-order valence-electron chi connectivity index (χ1n) is 6.40. The third kappa shape index (κ3) is 1.88. The number of anilines is 1. The van der Waals surface area contributed by atoms with Crippen LogP contribution in [0.4, 0.5) is 5.82 Å². The molecule has 2 aromatic rings. The SMILES string of the molecule is CCC1C(=O)NC(=O)CN1c1nc2sccn2c1CN. The zero-order valence-electron chi connectivity index (χ0n) is 11.0. The Labute approximate surface area is 119 Å². The molecule has 2 aromatic heterocycles. The average Bonchev–Trinajstić information content (AvgIpc) is 2.97. The van der Waals surface area contributed by atoms with Gasteiger partial charge < -0.3 is 10.6 Å². The normalized spacial score (nSPS) is 19.7. The fourth-order valence-corrected chi connectivity index (χ4v) is 3.26. The van der Waals surface area contributed by atoms with Gasteiger partial charge >= 0.3 is 0 Å². The van der Waals surface area contributed by atoms with E-state index in [2.05, 4.69) is 10.3 Å². The van der Waals surface area contributed by atoms with Gasteiger partial charge in [-0.2, -0.15) is 0 Å². The molecule has 3 N–H and O–H groups in total. The molecule has 0 aromatic carbocycles. The summed E-state index contributed by atoms with van der Waals surface area (Å²) >= 11 is 1.50. The van der Waals surface area contributed by atoms with Crippen molar-refractivity contribution in [1.82, 2.24) is 14.7 Å². The van der Waals surface area contributed by atoms with E-state index < -0.39 is 0 Å². The zero-order valence-corrected chi connectivity index (χ0v) is 11.8. The molecule has 0 aliphatic carbocycles. The number of hydrogen-bond acceptors (Lipinski definition) is 6. The lowest BCUT2D eigenvalue weighted by atomic mass is 10.1. The van der Waals surface area contributed by atoms with E-state index in [1.54, 1.807) is 4.90 Å². The number of nitrogens with zero attached hydrogens (tertiary/aromatic N) is 3. The largest absolute Gasteiger partial charge is 0.334 e. The van der Waals surface area contributed by atoms with Crippen LogP contribution >= 0.6 is 11.3 Å². The van der Waals surface area contributed by atoms with E-state index in [1.807, 2.05) is 22.9 Å². The zero-order chi connectivity index (χ0) is 14.3. The fourth-order valence-electron chi connectivity index (χ4n) is 2.54. The second-order valence-electron chi connectivity index (χ2n) is 4.61. The Hall–Kier alpha value is -1.93. The van der Waals surface area contributed by atoms with Crippen molar-refractivity contribution in [3.05, 3.63) is 17.3 Å². The molecular weight excluding hydrogens is 278 g/mol. The summed E-state index contributed by atoms with van der Waals surface area (Å²) < 4.78 is 1.91. The predicted octanol–water partition coefficient (Wildman–Crippen LogP) is 0.0959. The molecule has 106 valence electrons. The molecule has 1 aliphatic rings. The van der Waals surface area contributed by atoms with Gasteiger partial charge in [0.1, 0.15) is 6.04 Å². The van der Waals surface area contributed by atoms with Crippen LogP contribution in [0.5, 0.6) is 0 Å². The van der Waals surface area contributed by atoms with Gasteiger partial charge in [0.2, 0.25) is 11.8 Å². The van der Waals surface area contributed by atoms with E-state index in [-0.39, 0.29) is 24.4 Å². The highest BCUT2D eigenvalue weighted by molar-refractivity contribution is 7.15. The summed E-state index contributed by atoms with van der Waals surface area (Å²) in [4.78, 5) is 30.7. The third-order valence-corrected chi connectivity index (χ3v) is 4.20. The maximum absolute atomic E-state index is 11.9. The van der Waals surface area contributed by atoms with Gasteiger partial charge in [0.05, 0.1) is 12.2 Å². The number of imide groups is 1. The molecule has 8 heteroatoms. The molecule has 0 saturated carbocycles. The maximum Gasteiger partial charge on any atom is 0.249 e. The molecule has 1 fully saturated rings. The van der Waals surface area contributed by atoms with Crippen molar-refractivity contribution >= 4 is 33.9 Å². The van der Waals surface area contributed by atoms with Crippen LogP contribution in [0.2, 0.25) is 0 Å². The lowest BCUT2D eigenvalue weighted by Gasteiger charge is -2.34. The number of fused-ring (bicyclic) bond motifs is 1. The first kappa shape index (κ1) is 13.1. The molecule has 0 bridgehead atoms. The van der Waals surface area contributed by atoms with E-state index in [9.17, 15) is 9.59 Å². The minimum atomic E-state index is -0.386. The van der Waals surface area contributed by atoms with Gasteiger partial charge in [-0.05, 0) is 6.42 Å². The number of imidazole rings is 1. The van der Waals surface area contributed by atoms with Crippen LogP contribution in [-0.4, -0.2) is 33.8 Å². The number of carbonyl (C=O) groups excluding carboxylic acids is 2. The second kappa shape index (κ2) is 4.88. The number of carbonyl (C=O) groups is 2. The second-order valence-corrected chi connectivity index (χ2v) is 5.48. The van der Waals surface area contributed by atoms with Gasteiger partial charge in [-0.25, -0.2) is 4.98 Å². The minimum absolute atomic E-state index is 0.127. The molecule has 1 atom stereocenters. The van der Waals surface area contributed by atoms with Crippen molar-refractivity contribution in [1.29, 1.82) is 0 Å². The van der Waals surface area contributed by atoms with Gasteiger partial charge in [-0.3, -0.25) is 19.3 Å². The standard InChI is InChI=1S/C12H15N5O2S/c1-2-7-11(19)14-9(18)6-17(7)10-8(5-13)16-3-4-20-12(16)15-10/h3-4,7H,2,5-6,13H2,1H3,(H,14,18,19). The maximum atomic E-state index is 11.9. The number of piperazine rings is 1. The van der Waals surface area contributed by atoms with Crippen LogP contribution < -0.4 is 16.0 Å². The highest BCUT2D eigenvalue weighted by Crippen LogP contribution is 2.27. The summed E-state index contributed by atoms with van der Waals surface area (Å²) in [6.45, 7) is 2.34. The van der Waals surface area contributed by atoms with Crippen molar-refractivity contribution in [3.63, 3.8) is 0 Å². The number of hydrogen-bond donors (Lipinski definition) is 2. The lowest BCUT2D eigenvalue weighted by Crippen LogP contribution is -2.58. The highest BCUT2D eigenvalue weighted by atomic mass is 32.1.